The van der Waals surface area contributed by atoms with E-state index in [1.807, 2.05) is 0 Å². The molecule has 1 aliphatic carbocycles. The Bertz CT molecular complexity index is 1620. The molecule has 5 rings (SSSR count). The van der Waals surface area contributed by atoms with Crippen LogP contribution < -0.4 is 15.6 Å². The van der Waals surface area contributed by atoms with Gasteiger partial charge in [0, 0.05) is 35.5 Å². The summed E-state index contributed by atoms with van der Waals surface area (Å²) < 4.78 is 33.8. The van der Waals surface area contributed by atoms with Gasteiger partial charge in [0.15, 0.2) is 5.01 Å². The number of carbonyl (C=O) groups is 1. The molecule has 4 heterocycles. The highest BCUT2D eigenvalue weighted by molar-refractivity contribution is 7.15. The predicted octanol–water partition coefficient (Wildman–Crippen LogP) is 4.17. The van der Waals surface area contributed by atoms with Gasteiger partial charge in [0.25, 0.3) is 17.9 Å². The van der Waals surface area contributed by atoms with Crippen molar-refractivity contribution in [3.63, 3.8) is 0 Å². The number of hydrogen-bond acceptors (Lipinski definition) is 8. The number of hydrogen-bond donors (Lipinski definition) is 1. The second-order valence-corrected chi connectivity index (χ2v) is 9.39. The number of halogens is 2. The number of aromatic nitrogens is 5. The first-order valence-corrected chi connectivity index (χ1v) is 12.4. The summed E-state index contributed by atoms with van der Waals surface area (Å²) in [5.41, 5.74) is 0.288. The largest absolute Gasteiger partial charge is 0.494 e. The van der Waals surface area contributed by atoms with Crippen LogP contribution in [-0.2, 0) is 6.54 Å². The third-order valence-electron chi connectivity index (χ3n) is 5.66. The summed E-state index contributed by atoms with van der Waals surface area (Å²) in [7, 11) is 1.37. The molecule has 9 nitrogen and oxygen atoms in total. The second-order valence-electron chi connectivity index (χ2n) is 8.41. The molecule has 1 amide bonds. The van der Waals surface area contributed by atoms with Crippen LogP contribution in [0.3, 0.4) is 0 Å². The van der Waals surface area contributed by atoms with Crippen LogP contribution >= 0.6 is 11.3 Å². The van der Waals surface area contributed by atoms with Crippen molar-refractivity contribution in [3.8, 4) is 28.7 Å². The van der Waals surface area contributed by atoms with Gasteiger partial charge in [-0.2, -0.15) is 0 Å². The van der Waals surface area contributed by atoms with Crippen molar-refractivity contribution in [3.05, 3.63) is 81.2 Å². The average Bonchev–Trinajstić information content (AvgIpc) is 3.65. The van der Waals surface area contributed by atoms with Crippen LogP contribution in [0.15, 0.2) is 53.7 Å². The van der Waals surface area contributed by atoms with E-state index in [2.05, 4.69) is 37.3 Å². The van der Waals surface area contributed by atoms with Crippen molar-refractivity contribution in [1.82, 2.24) is 24.7 Å². The van der Waals surface area contributed by atoms with Crippen molar-refractivity contribution in [1.29, 1.82) is 0 Å². The molecule has 38 heavy (non-hydrogen) atoms. The Morgan fingerprint density at radius 3 is 2.79 bits per heavy atom. The first kappa shape index (κ1) is 25.2. The minimum atomic E-state index is -2.84. The van der Waals surface area contributed by atoms with Crippen LogP contribution in [0.2, 0.25) is 0 Å². The molecule has 0 aromatic carbocycles. The van der Waals surface area contributed by atoms with Crippen molar-refractivity contribution in [2.24, 2.45) is 5.92 Å². The van der Waals surface area contributed by atoms with Gasteiger partial charge < -0.3 is 9.30 Å². The number of amides is 1. The molecule has 0 aliphatic heterocycles. The lowest BCUT2D eigenvalue weighted by Gasteiger charge is -2.15. The van der Waals surface area contributed by atoms with Gasteiger partial charge in [-0.05, 0) is 37.0 Å². The zero-order valence-electron chi connectivity index (χ0n) is 20.0. The lowest BCUT2D eigenvalue weighted by atomic mass is 9.99. The monoisotopic (exact) mass is 534 g/mol. The topological polar surface area (TPSA) is 112 Å². The molecule has 192 valence electrons. The molecular weight excluding hydrogens is 514 g/mol. The van der Waals surface area contributed by atoms with Crippen LogP contribution in [0.4, 0.5) is 13.9 Å². The molecule has 4 aromatic heterocycles. The molecule has 0 atom stereocenters. The Morgan fingerprint density at radius 1 is 1.21 bits per heavy atom. The lowest BCUT2D eigenvalue weighted by molar-refractivity contribution is 0.102. The van der Waals surface area contributed by atoms with Crippen LogP contribution in [-0.4, -0.2) is 37.7 Å². The minimum Gasteiger partial charge on any atom is -0.494 e. The molecule has 1 aliphatic rings. The number of ether oxygens (including phenoxy) is 1. The van der Waals surface area contributed by atoms with E-state index in [0.717, 1.165) is 24.2 Å². The Kier molecular flexibility index (Phi) is 7.19. The number of nitrogens with one attached hydrogen (secondary N) is 1. The molecule has 1 N–H and O–H groups in total. The zero-order chi connectivity index (χ0) is 26.6. The van der Waals surface area contributed by atoms with Crippen molar-refractivity contribution in [2.75, 3.05) is 12.4 Å². The van der Waals surface area contributed by atoms with Crippen LogP contribution in [0, 0.1) is 17.8 Å². The van der Waals surface area contributed by atoms with Crippen molar-refractivity contribution < 1.29 is 18.3 Å². The van der Waals surface area contributed by atoms with Gasteiger partial charge in [0.1, 0.15) is 11.4 Å². The van der Waals surface area contributed by atoms with Crippen LogP contribution in [0.5, 0.6) is 5.75 Å². The van der Waals surface area contributed by atoms with E-state index in [9.17, 15) is 18.4 Å². The Hall–Kier alpha value is -4.50. The third kappa shape index (κ3) is 5.73. The quantitative estimate of drug-likeness (QED) is 0.354. The molecule has 1 saturated carbocycles. The van der Waals surface area contributed by atoms with Gasteiger partial charge in [-0.3, -0.25) is 24.9 Å². The van der Waals surface area contributed by atoms with E-state index in [-0.39, 0.29) is 39.7 Å². The number of pyridine rings is 3. The second kappa shape index (κ2) is 10.9. The summed E-state index contributed by atoms with van der Waals surface area (Å²) in [5, 5.41) is 11.4. The maximum atomic E-state index is 13.5. The molecule has 4 aromatic rings. The molecule has 1 fully saturated rings. The van der Waals surface area contributed by atoms with E-state index in [4.69, 9.17) is 4.74 Å². The van der Waals surface area contributed by atoms with E-state index in [1.165, 1.54) is 36.2 Å². The number of nitrogens with zero attached hydrogens (tertiary/aromatic N) is 5. The molecule has 0 unspecified atom stereocenters. The summed E-state index contributed by atoms with van der Waals surface area (Å²) in [4.78, 5) is 33.6. The first-order chi connectivity index (χ1) is 18.4. The van der Waals surface area contributed by atoms with Gasteiger partial charge in [-0.15, -0.1) is 10.2 Å². The van der Waals surface area contributed by atoms with Gasteiger partial charge in [-0.25, -0.2) is 8.78 Å². The van der Waals surface area contributed by atoms with E-state index >= 15 is 0 Å². The number of anilines is 1. The highest BCUT2D eigenvalue weighted by Gasteiger charge is 2.22. The lowest BCUT2D eigenvalue weighted by Crippen LogP contribution is -2.19. The number of carbonyl (C=O) groups excluding carboxylic acids is 1. The summed E-state index contributed by atoms with van der Waals surface area (Å²) in [5.74, 6) is 6.04. The fourth-order valence-corrected chi connectivity index (χ4v) is 4.19. The SMILES string of the molecule is COc1cnc(C(F)F)cc1-c1cc(Cn2ccccc2=O)ncc1C(=O)Nc1nnc(C#CC2CC2)s1. The van der Waals surface area contributed by atoms with Gasteiger partial charge in [0.05, 0.1) is 31.1 Å². The molecule has 0 radical (unpaired) electrons. The molecule has 12 heteroatoms. The van der Waals surface area contributed by atoms with E-state index in [0.29, 0.717) is 16.6 Å². The highest BCUT2D eigenvalue weighted by Crippen LogP contribution is 2.35. The van der Waals surface area contributed by atoms with Crippen LogP contribution in [0.1, 0.15) is 46.0 Å². The molecule has 0 saturated heterocycles. The van der Waals surface area contributed by atoms with Crippen molar-refractivity contribution in [2.45, 2.75) is 25.8 Å². The van der Waals surface area contributed by atoms with Gasteiger partial charge in [0.2, 0.25) is 5.13 Å². The van der Waals surface area contributed by atoms with Crippen LogP contribution in [0.25, 0.3) is 11.1 Å². The molecule has 0 spiro atoms. The summed E-state index contributed by atoms with van der Waals surface area (Å²) in [6.07, 6.45) is 3.42. The predicted molar refractivity (Wildman–Crippen MR) is 136 cm³/mol. The summed E-state index contributed by atoms with van der Waals surface area (Å²) in [6, 6.07) is 7.47. The maximum absolute atomic E-state index is 13.5. The summed E-state index contributed by atoms with van der Waals surface area (Å²) >= 11 is 1.13. The van der Waals surface area contributed by atoms with E-state index < -0.39 is 18.0 Å². The fourth-order valence-electron chi connectivity index (χ4n) is 3.59. The highest BCUT2D eigenvalue weighted by atomic mass is 32.1. The standard InChI is InChI=1S/C26H20F2N6O3S/c1-37-21-13-30-20(24(27)28)11-18(21)17-10-16(14-34-9-3-2-4-23(34)35)29-12-19(17)25(36)31-26-33-32-22(38-26)8-7-15-5-6-15/h2-4,9-13,15,24H,5-6,14H2,1H3,(H,31,33,36). The first-order valence-electron chi connectivity index (χ1n) is 11.5. The fraction of sp³-hybridized carbons (Fsp3) is 0.231. The third-order valence-corrected chi connectivity index (χ3v) is 6.42. The number of rotatable bonds is 7. The number of alkyl halides is 2. The molecular formula is C26H20F2N6O3S. The normalized spacial score (nSPS) is 12.6. The van der Waals surface area contributed by atoms with E-state index in [1.54, 1.807) is 24.4 Å². The zero-order valence-corrected chi connectivity index (χ0v) is 20.8. The average molecular weight is 535 g/mol. The Labute approximate surface area is 219 Å². The summed E-state index contributed by atoms with van der Waals surface area (Å²) in [6.45, 7) is 0.100. The van der Waals surface area contributed by atoms with Gasteiger partial charge in [-0.1, -0.05) is 23.3 Å². The smallest absolute Gasteiger partial charge is 0.280 e. The minimum absolute atomic E-state index is 0.0830. The Morgan fingerprint density at radius 2 is 2.05 bits per heavy atom. The Balaban J connectivity index is 1.53. The van der Waals surface area contributed by atoms with Gasteiger partial charge >= 0.3 is 0 Å². The maximum Gasteiger partial charge on any atom is 0.280 e. The number of methoxy groups -OCH3 is 1. The van der Waals surface area contributed by atoms with Crippen molar-refractivity contribution >= 4 is 22.4 Å². The molecule has 0 bridgehead atoms.